The smallest absolute Gasteiger partial charge is 0.122 e. The summed E-state index contributed by atoms with van der Waals surface area (Å²) in [6.07, 6.45) is 1.38. The quantitative estimate of drug-likeness (QED) is 0.108. The van der Waals surface area contributed by atoms with Gasteiger partial charge >= 0.3 is 0 Å². The van der Waals surface area contributed by atoms with Crippen molar-refractivity contribution in [1.82, 2.24) is 0 Å². The van der Waals surface area contributed by atoms with E-state index in [-0.39, 0.29) is 32.3 Å². The van der Waals surface area contributed by atoms with Crippen molar-refractivity contribution in [3.63, 3.8) is 0 Å². The fraction of sp³-hybridized carbons (Fsp3) is 0.115. The fourth-order valence-electron chi connectivity index (χ4n) is 9.46. The number of rotatable bonds is 15. The molecule has 1 aliphatic carbocycles. The molecule has 0 unspecified atom stereocenters. The molecule has 10 rings (SSSR count). The van der Waals surface area contributed by atoms with Crippen molar-refractivity contribution >= 4 is 0 Å². The minimum atomic E-state index is -0.0674. The van der Waals surface area contributed by atoms with E-state index in [1.807, 2.05) is 18.2 Å². The molecule has 4 heteroatoms. The van der Waals surface area contributed by atoms with Crippen molar-refractivity contribution < 1.29 is 19.7 Å². The minimum Gasteiger partial charge on any atom is -0.491 e. The molecule has 0 amide bonds. The van der Waals surface area contributed by atoms with Crippen LogP contribution in [0.25, 0.3) is 55.6 Å². The van der Waals surface area contributed by atoms with Gasteiger partial charge in [-0.15, -0.1) is 0 Å². The summed E-state index contributed by atoms with van der Waals surface area (Å²) < 4.78 is 12.3. The van der Waals surface area contributed by atoms with Crippen LogP contribution >= 0.6 is 0 Å². The molecule has 0 spiro atoms. The van der Waals surface area contributed by atoms with Crippen LogP contribution in [0.1, 0.15) is 44.9 Å². The lowest BCUT2D eigenvalue weighted by Gasteiger charge is -2.22. The van der Waals surface area contributed by atoms with E-state index in [1.54, 1.807) is 0 Å². The molecule has 0 atom stereocenters. The van der Waals surface area contributed by atoms with Crippen LogP contribution in [-0.2, 0) is 12.8 Å². The summed E-state index contributed by atoms with van der Waals surface area (Å²) in [5.74, 6) is 1.47. The Labute approximate surface area is 381 Å². The van der Waals surface area contributed by atoms with Gasteiger partial charge < -0.3 is 19.7 Å². The molecular weight excluding hydrogens is 797 g/mol. The third-order valence-electron chi connectivity index (χ3n) is 12.5. The molecule has 0 heterocycles. The number of hydrogen-bond donors (Lipinski definition) is 2. The maximum Gasteiger partial charge on any atom is 0.122 e. The van der Waals surface area contributed by atoms with E-state index in [0.29, 0.717) is 12.8 Å². The molecule has 2 N–H and O–H groups in total. The zero-order chi connectivity index (χ0) is 44.0. The predicted octanol–water partition coefficient (Wildman–Crippen LogP) is 13.4. The van der Waals surface area contributed by atoms with Gasteiger partial charge in [-0.3, -0.25) is 0 Å². The molecule has 9 aromatic carbocycles. The predicted molar refractivity (Wildman–Crippen MR) is 265 cm³/mol. The third kappa shape index (κ3) is 8.88. The van der Waals surface area contributed by atoms with Crippen LogP contribution in [0, 0.1) is 0 Å². The molecule has 0 aromatic heterocycles. The molecule has 0 radical (unpaired) electrons. The van der Waals surface area contributed by atoms with Gasteiger partial charge in [-0.1, -0.05) is 170 Å². The van der Waals surface area contributed by atoms with Crippen LogP contribution in [-0.4, -0.2) is 36.6 Å². The largest absolute Gasteiger partial charge is 0.491 e. The Bertz CT molecular complexity index is 2960. The van der Waals surface area contributed by atoms with Crippen LogP contribution < -0.4 is 9.47 Å². The normalized spacial score (nSPS) is 11.8. The van der Waals surface area contributed by atoms with Gasteiger partial charge in [0, 0.05) is 18.8 Å². The zero-order valence-electron chi connectivity index (χ0n) is 36.2. The van der Waals surface area contributed by atoms with Crippen LogP contribution in [0.5, 0.6) is 11.5 Å². The van der Waals surface area contributed by atoms with Crippen molar-refractivity contribution in [2.45, 2.75) is 18.8 Å². The van der Waals surface area contributed by atoms with Gasteiger partial charge in [-0.25, -0.2) is 0 Å². The highest BCUT2D eigenvalue weighted by atomic mass is 16.5. The summed E-state index contributed by atoms with van der Waals surface area (Å²) in [7, 11) is 0. The first-order chi connectivity index (χ1) is 32.1. The summed E-state index contributed by atoms with van der Waals surface area (Å²) in [5.41, 5.74) is 19.9. The molecule has 0 fully saturated rings. The Morgan fingerprint density at radius 2 is 0.723 bits per heavy atom. The second kappa shape index (κ2) is 19.1. The Balaban J connectivity index is 1.18. The summed E-state index contributed by atoms with van der Waals surface area (Å²) in [5, 5.41) is 19.5. The number of aliphatic hydroxyl groups is 2. The van der Waals surface area contributed by atoms with Crippen LogP contribution in [0.3, 0.4) is 0 Å². The van der Waals surface area contributed by atoms with E-state index in [0.717, 1.165) is 44.9 Å². The van der Waals surface area contributed by atoms with Gasteiger partial charge in [0.25, 0.3) is 0 Å². The van der Waals surface area contributed by atoms with Crippen molar-refractivity contribution in [3.05, 3.63) is 251 Å². The van der Waals surface area contributed by atoms with Crippen molar-refractivity contribution in [2.75, 3.05) is 26.4 Å². The molecule has 318 valence electrons. The molecule has 9 aromatic rings. The second-order valence-electron chi connectivity index (χ2n) is 16.7. The maximum absolute atomic E-state index is 9.80. The van der Waals surface area contributed by atoms with Crippen LogP contribution in [0.15, 0.2) is 212 Å². The molecule has 0 saturated carbocycles. The van der Waals surface area contributed by atoms with Gasteiger partial charge in [-0.2, -0.15) is 0 Å². The lowest BCUT2D eigenvalue weighted by Crippen LogP contribution is -2.06. The standard InChI is InChI=1S/C61H50O4/c62-31-33-64-59-29-24-46(37-51(59)35-42-13-5-1-6-14-42)49-23-28-55(56(39-49)50-25-30-60(65-34-32-63)52(38-50)36-43-15-7-2-8-16-43)61-57-40-47(44-17-9-3-10-18-44)21-26-53(57)54-27-22-48(41-58(54)61)45-19-11-4-12-20-45/h1-30,37-41,61-63H,31-36H2. The summed E-state index contributed by atoms with van der Waals surface area (Å²) in [4.78, 5) is 0. The lowest BCUT2D eigenvalue weighted by atomic mass is 9.81. The topological polar surface area (TPSA) is 58.9 Å². The first-order valence-corrected chi connectivity index (χ1v) is 22.5. The Morgan fingerprint density at radius 3 is 1.22 bits per heavy atom. The Hall–Kier alpha value is -7.50. The Kier molecular flexibility index (Phi) is 12.2. The van der Waals surface area contributed by atoms with E-state index < -0.39 is 0 Å². The number of fused-ring (bicyclic) bond motifs is 3. The van der Waals surface area contributed by atoms with Crippen molar-refractivity contribution in [1.29, 1.82) is 0 Å². The highest BCUT2D eigenvalue weighted by Crippen LogP contribution is 2.52. The number of ether oxygens (including phenoxy) is 2. The van der Waals surface area contributed by atoms with Crippen LogP contribution in [0.4, 0.5) is 0 Å². The van der Waals surface area contributed by atoms with Crippen molar-refractivity contribution in [3.8, 4) is 67.1 Å². The highest BCUT2D eigenvalue weighted by molar-refractivity contribution is 5.88. The van der Waals surface area contributed by atoms with E-state index in [1.165, 1.54) is 61.2 Å². The monoisotopic (exact) mass is 846 g/mol. The van der Waals surface area contributed by atoms with Gasteiger partial charge in [0.2, 0.25) is 0 Å². The molecule has 0 bridgehead atoms. The minimum absolute atomic E-state index is 0.0550. The SMILES string of the molecule is OCCOc1ccc(-c2ccc(C3c4cc(-c5ccccc5)ccc4-c4ccc(-c5ccccc5)cc43)c(-c3ccc(OCCO)c(Cc4ccccc4)c3)c2)cc1Cc1ccccc1. The molecule has 0 aliphatic heterocycles. The lowest BCUT2D eigenvalue weighted by molar-refractivity contribution is 0.200. The van der Waals surface area contributed by atoms with E-state index in [2.05, 4.69) is 194 Å². The molecule has 0 saturated heterocycles. The van der Waals surface area contributed by atoms with E-state index >= 15 is 0 Å². The average Bonchev–Trinajstić information content (AvgIpc) is 3.69. The number of hydrogen-bond acceptors (Lipinski definition) is 4. The summed E-state index contributed by atoms with van der Waals surface area (Å²) in [6, 6.07) is 76.1. The second-order valence-corrected chi connectivity index (χ2v) is 16.7. The molecule has 4 nitrogen and oxygen atoms in total. The van der Waals surface area contributed by atoms with Gasteiger partial charge in [-0.05, 0) is 137 Å². The first-order valence-electron chi connectivity index (χ1n) is 22.5. The molecular formula is C61H50O4. The molecule has 65 heavy (non-hydrogen) atoms. The van der Waals surface area contributed by atoms with Gasteiger partial charge in [0.05, 0.1) is 13.2 Å². The summed E-state index contributed by atoms with van der Waals surface area (Å²) in [6.45, 7) is 0.325. The fourth-order valence-corrected chi connectivity index (χ4v) is 9.46. The zero-order valence-corrected chi connectivity index (χ0v) is 36.2. The maximum atomic E-state index is 9.80. The summed E-state index contributed by atoms with van der Waals surface area (Å²) >= 11 is 0. The highest BCUT2D eigenvalue weighted by Gasteiger charge is 2.33. The van der Waals surface area contributed by atoms with E-state index in [4.69, 9.17) is 9.47 Å². The number of aliphatic hydroxyl groups excluding tert-OH is 2. The van der Waals surface area contributed by atoms with Gasteiger partial charge in [0.15, 0.2) is 0 Å². The number of benzene rings is 9. The van der Waals surface area contributed by atoms with E-state index in [9.17, 15) is 10.2 Å². The average molecular weight is 847 g/mol. The van der Waals surface area contributed by atoms with Gasteiger partial charge in [0.1, 0.15) is 24.7 Å². The molecule has 1 aliphatic rings. The Morgan fingerprint density at radius 1 is 0.323 bits per heavy atom. The van der Waals surface area contributed by atoms with Crippen LogP contribution in [0.2, 0.25) is 0 Å². The first kappa shape index (κ1) is 41.5. The van der Waals surface area contributed by atoms with Crippen molar-refractivity contribution in [2.24, 2.45) is 0 Å². The third-order valence-corrected chi connectivity index (χ3v) is 12.5.